The van der Waals surface area contributed by atoms with Crippen molar-refractivity contribution in [3.63, 3.8) is 0 Å². The normalized spacial score (nSPS) is 9.27. The van der Waals surface area contributed by atoms with E-state index < -0.39 is 6.09 Å². The van der Waals surface area contributed by atoms with Crippen LogP contribution in [0.2, 0.25) is 0 Å². The molecule has 0 heterocycles. The Morgan fingerprint density at radius 1 is 1.47 bits per heavy atom. The van der Waals surface area contributed by atoms with Crippen LogP contribution in [0.25, 0.3) is 0 Å². The number of carbonyl (C=O) groups excluding carboxylic acids is 1. The van der Waals surface area contributed by atoms with Crippen LogP contribution in [-0.2, 0) is 6.54 Å². The van der Waals surface area contributed by atoms with Crippen molar-refractivity contribution >= 4 is 6.09 Å². The topological polar surface area (TPSA) is 64.3 Å². The molecule has 78 valence electrons. The molecule has 15 heavy (non-hydrogen) atoms. The van der Waals surface area contributed by atoms with E-state index in [2.05, 4.69) is 16.0 Å². The minimum Gasteiger partial charge on any atom is -0.411 e. The van der Waals surface area contributed by atoms with Crippen LogP contribution in [0, 0.1) is 12.3 Å². The Morgan fingerprint density at radius 3 is 2.67 bits per heavy atom. The molecule has 0 fully saturated rings. The summed E-state index contributed by atoms with van der Waals surface area (Å²) in [4.78, 5) is 10.4. The summed E-state index contributed by atoms with van der Waals surface area (Å²) in [5.41, 5.74) is 5.92. The first kappa shape index (κ1) is 11.1. The smallest absolute Gasteiger partial charge is 0.409 e. The lowest BCUT2D eigenvalue weighted by molar-refractivity contribution is 0.211. The zero-order chi connectivity index (χ0) is 11.1. The highest BCUT2D eigenvalue weighted by Gasteiger charge is 1.98. The number of amides is 1. The molecule has 0 aliphatic rings. The Hall–Kier alpha value is -1.99. The van der Waals surface area contributed by atoms with Gasteiger partial charge in [-0.2, -0.15) is 0 Å². The molecule has 0 aliphatic heterocycles. The Morgan fingerprint density at radius 2 is 2.13 bits per heavy atom. The summed E-state index contributed by atoms with van der Waals surface area (Å²) in [7, 11) is 0. The molecule has 1 rings (SSSR count). The summed E-state index contributed by atoms with van der Waals surface area (Å²) < 4.78 is 4.68. The highest BCUT2D eigenvalue weighted by Crippen LogP contribution is 2.11. The second-order valence-corrected chi connectivity index (χ2v) is 2.87. The number of nitrogens with one attached hydrogen (secondary N) is 1. The first-order chi connectivity index (χ1) is 7.22. The lowest BCUT2D eigenvalue weighted by Crippen LogP contribution is -2.16. The highest BCUT2D eigenvalue weighted by molar-refractivity contribution is 5.67. The standard InChI is InChI=1S/C11H12N2O2/c1-2-7-13-8-9-3-5-10(6-4-9)15-11(12)14/h1,3-6,13H,7-8H2,(H2,12,14). The van der Waals surface area contributed by atoms with Gasteiger partial charge in [0.05, 0.1) is 6.54 Å². The Balaban J connectivity index is 2.49. The number of rotatable bonds is 4. The number of primary amides is 1. The molecular formula is C11H12N2O2. The Bertz CT molecular complexity index is 365. The van der Waals surface area contributed by atoms with Crippen LogP contribution in [-0.4, -0.2) is 12.6 Å². The molecule has 3 N–H and O–H groups in total. The van der Waals surface area contributed by atoms with Gasteiger partial charge in [0.2, 0.25) is 0 Å². The van der Waals surface area contributed by atoms with Gasteiger partial charge in [0.15, 0.2) is 0 Å². The fraction of sp³-hybridized carbons (Fsp3) is 0.182. The monoisotopic (exact) mass is 204 g/mol. The number of hydrogen-bond acceptors (Lipinski definition) is 3. The van der Waals surface area contributed by atoms with Gasteiger partial charge in [-0.05, 0) is 17.7 Å². The van der Waals surface area contributed by atoms with E-state index in [1.807, 2.05) is 12.1 Å². The van der Waals surface area contributed by atoms with Crippen LogP contribution in [0.1, 0.15) is 5.56 Å². The highest BCUT2D eigenvalue weighted by atomic mass is 16.5. The molecule has 1 aromatic rings. The molecule has 0 saturated carbocycles. The molecule has 0 atom stereocenters. The van der Waals surface area contributed by atoms with Gasteiger partial charge in [-0.15, -0.1) is 6.42 Å². The minimum atomic E-state index is -0.812. The minimum absolute atomic E-state index is 0.434. The zero-order valence-electron chi connectivity index (χ0n) is 8.19. The third-order valence-corrected chi connectivity index (χ3v) is 1.70. The second kappa shape index (κ2) is 5.68. The molecule has 1 amide bonds. The zero-order valence-corrected chi connectivity index (χ0v) is 8.19. The van der Waals surface area contributed by atoms with E-state index in [1.165, 1.54) is 0 Å². The maximum absolute atomic E-state index is 10.4. The van der Waals surface area contributed by atoms with Crippen molar-refractivity contribution in [2.75, 3.05) is 6.54 Å². The number of ether oxygens (including phenoxy) is 1. The van der Waals surface area contributed by atoms with Gasteiger partial charge >= 0.3 is 6.09 Å². The molecule has 4 heteroatoms. The van der Waals surface area contributed by atoms with Crippen LogP contribution >= 0.6 is 0 Å². The molecule has 0 unspecified atom stereocenters. The van der Waals surface area contributed by atoms with E-state index >= 15 is 0 Å². The van der Waals surface area contributed by atoms with Gasteiger partial charge in [-0.1, -0.05) is 18.1 Å². The van der Waals surface area contributed by atoms with Crippen molar-refractivity contribution in [2.24, 2.45) is 5.73 Å². The van der Waals surface area contributed by atoms with E-state index in [-0.39, 0.29) is 0 Å². The van der Waals surface area contributed by atoms with Gasteiger partial charge in [0.25, 0.3) is 0 Å². The van der Waals surface area contributed by atoms with Gasteiger partial charge in [0.1, 0.15) is 5.75 Å². The van der Waals surface area contributed by atoms with Crippen LogP contribution in [0.15, 0.2) is 24.3 Å². The van der Waals surface area contributed by atoms with E-state index in [4.69, 9.17) is 12.2 Å². The van der Waals surface area contributed by atoms with Gasteiger partial charge in [-0.25, -0.2) is 4.79 Å². The lowest BCUT2D eigenvalue weighted by atomic mass is 10.2. The van der Waals surface area contributed by atoms with Gasteiger partial charge in [-0.3, -0.25) is 0 Å². The SMILES string of the molecule is C#CCNCc1ccc(OC(N)=O)cc1. The molecule has 1 aromatic carbocycles. The molecule has 0 radical (unpaired) electrons. The average molecular weight is 204 g/mol. The van der Waals surface area contributed by atoms with Crippen molar-refractivity contribution in [3.05, 3.63) is 29.8 Å². The summed E-state index contributed by atoms with van der Waals surface area (Å²) in [5, 5.41) is 3.04. The Kier molecular flexibility index (Phi) is 4.20. The molecule has 0 aromatic heterocycles. The Labute approximate surface area is 88.4 Å². The van der Waals surface area contributed by atoms with Crippen molar-refractivity contribution < 1.29 is 9.53 Å². The molecule has 0 saturated heterocycles. The average Bonchev–Trinajstić information content (AvgIpc) is 2.20. The molecule has 0 spiro atoms. The van der Waals surface area contributed by atoms with E-state index in [9.17, 15) is 4.79 Å². The number of carbonyl (C=O) groups is 1. The maximum atomic E-state index is 10.4. The fourth-order valence-corrected chi connectivity index (χ4v) is 1.07. The summed E-state index contributed by atoms with van der Waals surface area (Å²) in [5.74, 6) is 2.91. The molecular weight excluding hydrogens is 192 g/mol. The van der Waals surface area contributed by atoms with Crippen molar-refractivity contribution in [1.82, 2.24) is 5.32 Å². The quantitative estimate of drug-likeness (QED) is 0.565. The van der Waals surface area contributed by atoms with E-state index in [0.717, 1.165) is 5.56 Å². The predicted octanol–water partition coefficient (Wildman–Crippen LogP) is 0.867. The van der Waals surface area contributed by atoms with Crippen LogP contribution in [0.4, 0.5) is 4.79 Å². The van der Waals surface area contributed by atoms with Crippen molar-refractivity contribution in [3.8, 4) is 18.1 Å². The number of nitrogens with two attached hydrogens (primary N) is 1. The number of terminal acetylenes is 1. The summed E-state index contributed by atoms with van der Waals surface area (Å²) in [6.07, 6.45) is 4.28. The third kappa shape index (κ3) is 4.16. The van der Waals surface area contributed by atoms with Crippen molar-refractivity contribution in [1.29, 1.82) is 0 Å². The first-order valence-corrected chi connectivity index (χ1v) is 4.43. The number of hydrogen-bond donors (Lipinski definition) is 2. The molecule has 4 nitrogen and oxygen atoms in total. The third-order valence-electron chi connectivity index (χ3n) is 1.70. The first-order valence-electron chi connectivity index (χ1n) is 4.43. The number of benzene rings is 1. The van der Waals surface area contributed by atoms with Crippen LogP contribution < -0.4 is 15.8 Å². The van der Waals surface area contributed by atoms with E-state index in [0.29, 0.717) is 18.8 Å². The second-order valence-electron chi connectivity index (χ2n) is 2.87. The largest absolute Gasteiger partial charge is 0.411 e. The summed E-state index contributed by atoms with van der Waals surface area (Å²) >= 11 is 0. The van der Waals surface area contributed by atoms with Gasteiger partial charge < -0.3 is 15.8 Å². The van der Waals surface area contributed by atoms with Crippen LogP contribution in [0.5, 0.6) is 5.75 Å². The molecule has 0 aliphatic carbocycles. The van der Waals surface area contributed by atoms with Crippen molar-refractivity contribution in [2.45, 2.75) is 6.54 Å². The fourth-order valence-electron chi connectivity index (χ4n) is 1.07. The maximum Gasteiger partial charge on any atom is 0.409 e. The lowest BCUT2D eigenvalue weighted by Gasteiger charge is -2.03. The van der Waals surface area contributed by atoms with E-state index in [1.54, 1.807) is 12.1 Å². The summed E-state index contributed by atoms with van der Waals surface area (Å²) in [6, 6.07) is 7.03. The summed E-state index contributed by atoms with van der Waals surface area (Å²) in [6.45, 7) is 1.21. The van der Waals surface area contributed by atoms with Crippen LogP contribution in [0.3, 0.4) is 0 Å². The predicted molar refractivity (Wildman–Crippen MR) is 57.2 cm³/mol. The molecule has 0 bridgehead atoms. The van der Waals surface area contributed by atoms with Gasteiger partial charge in [0, 0.05) is 6.54 Å².